The Morgan fingerprint density at radius 2 is 1.67 bits per heavy atom. The van der Waals surface area contributed by atoms with Crippen LogP contribution in [0.3, 0.4) is 0 Å². The van der Waals surface area contributed by atoms with Gasteiger partial charge >= 0.3 is 12.2 Å². The highest BCUT2D eigenvalue weighted by atomic mass is 19.4. The SMILES string of the molecule is O=C(C[NH+]1CC[NH+](C/C=C/c2ccccc2)CC1)NC(=O)NCC(F)(F)F. The molecule has 6 nitrogen and oxygen atoms in total. The fraction of sp³-hybridized carbons (Fsp3) is 0.444. The van der Waals surface area contributed by atoms with Gasteiger partial charge in [0.2, 0.25) is 0 Å². The zero-order valence-corrected chi connectivity index (χ0v) is 14.9. The molecule has 27 heavy (non-hydrogen) atoms. The van der Waals surface area contributed by atoms with Gasteiger partial charge in [-0.15, -0.1) is 0 Å². The summed E-state index contributed by atoms with van der Waals surface area (Å²) < 4.78 is 36.0. The molecular weight excluding hydrogens is 361 g/mol. The van der Waals surface area contributed by atoms with Gasteiger partial charge < -0.3 is 15.1 Å². The highest BCUT2D eigenvalue weighted by molar-refractivity contribution is 5.94. The first-order valence-corrected chi connectivity index (χ1v) is 8.85. The molecule has 1 aliphatic rings. The van der Waals surface area contributed by atoms with E-state index in [0.717, 1.165) is 43.2 Å². The van der Waals surface area contributed by atoms with Crippen molar-refractivity contribution in [2.45, 2.75) is 6.18 Å². The molecular formula is C18H25F3N4O2+2. The predicted octanol–water partition coefficient (Wildman–Crippen LogP) is -1.13. The lowest BCUT2D eigenvalue weighted by Gasteiger charge is -2.28. The number of piperazine rings is 1. The Morgan fingerprint density at radius 1 is 1.04 bits per heavy atom. The second-order valence-corrected chi connectivity index (χ2v) is 6.54. The van der Waals surface area contributed by atoms with Gasteiger partial charge in [0, 0.05) is 0 Å². The Labute approximate surface area is 156 Å². The number of benzene rings is 1. The number of halogens is 3. The smallest absolute Gasteiger partial charge is 0.329 e. The quantitative estimate of drug-likeness (QED) is 0.500. The van der Waals surface area contributed by atoms with Crippen LogP contribution in [0.5, 0.6) is 0 Å². The maximum absolute atomic E-state index is 12.0. The van der Waals surface area contributed by atoms with E-state index in [4.69, 9.17) is 0 Å². The van der Waals surface area contributed by atoms with E-state index >= 15 is 0 Å². The van der Waals surface area contributed by atoms with Crippen molar-refractivity contribution in [3.05, 3.63) is 42.0 Å². The van der Waals surface area contributed by atoms with Gasteiger partial charge in [0.15, 0.2) is 6.54 Å². The third-order valence-electron chi connectivity index (χ3n) is 4.29. The number of hydrogen-bond donors (Lipinski definition) is 4. The van der Waals surface area contributed by atoms with Gasteiger partial charge in [-0.25, -0.2) is 4.79 Å². The van der Waals surface area contributed by atoms with E-state index in [-0.39, 0.29) is 6.54 Å². The number of nitrogens with one attached hydrogen (secondary N) is 4. The second kappa shape index (κ2) is 10.1. The van der Waals surface area contributed by atoms with Gasteiger partial charge in [-0.3, -0.25) is 10.1 Å². The minimum Gasteiger partial charge on any atom is -0.329 e. The summed E-state index contributed by atoms with van der Waals surface area (Å²) in [4.78, 5) is 25.5. The highest BCUT2D eigenvalue weighted by Gasteiger charge is 2.29. The number of carbonyl (C=O) groups is 2. The summed E-state index contributed by atoms with van der Waals surface area (Å²) in [5.74, 6) is -0.572. The lowest BCUT2D eigenvalue weighted by molar-refractivity contribution is -1.01. The Morgan fingerprint density at radius 3 is 2.30 bits per heavy atom. The van der Waals surface area contributed by atoms with E-state index in [1.54, 1.807) is 5.32 Å². The van der Waals surface area contributed by atoms with Gasteiger partial charge in [-0.05, 0) is 11.6 Å². The lowest BCUT2D eigenvalue weighted by Crippen LogP contribution is -3.28. The number of rotatable bonds is 6. The molecule has 1 aliphatic heterocycles. The molecule has 0 spiro atoms. The van der Waals surface area contributed by atoms with Crippen molar-refractivity contribution in [3.63, 3.8) is 0 Å². The van der Waals surface area contributed by atoms with Crippen LogP contribution in [0.15, 0.2) is 36.4 Å². The average molecular weight is 386 g/mol. The summed E-state index contributed by atoms with van der Waals surface area (Å²) in [6.07, 6.45) is -0.285. The number of carbonyl (C=O) groups excluding carboxylic acids is 2. The van der Waals surface area contributed by atoms with Crippen molar-refractivity contribution in [3.8, 4) is 0 Å². The van der Waals surface area contributed by atoms with Gasteiger partial charge in [0.1, 0.15) is 32.7 Å². The Kier molecular flexibility index (Phi) is 7.81. The molecule has 4 N–H and O–H groups in total. The number of amides is 3. The maximum Gasteiger partial charge on any atom is 0.405 e. The Balaban J connectivity index is 1.63. The average Bonchev–Trinajstić information content (AvgIpc) is 2.62. The zero-order chi connectivity index (χ0) is 19.7. The molecule has 1 saturated heterocycles. The van der Waals surface area contributed by atoms with Gasteiger partial charge in [-0.2, -0.15) is 13.2 Å². The molecule has 3 amide bonds. The van der Waals surface area contributed by atoms with Crippen LogP contribution in [-0.2, 0) is 4.79 Å². The highest BCUT2D eigenvalue weighted by Crippen LogP contribution is 2.11. The number of imide groups is 1. The van der Waals surface area contributed by atoms with Crippen LogP contribution in [0, 0.1) is 0 Å². The Hall–Kier alpha value is -2.39. The van der Waals surface area contributed by atoms with Crippen molar-refractivity contribution in [1.82, 2.24) is 10.6 Å². The second-order valence-electron chi connectivity index (χ2n) is 6.54. The van der Waals surface area contributed by atoms with Crippen LogP contribution in [-0.4, -0.2) is 63.9 Å². The first kappa shape index (κ1) is 20.9. The van der Waals surface area contributed by atoms with Crippen molar-refractivity contribution in [1.29, 1.82) is 0 Å². The number of quaternary nitrogens is 2. The first-order chi connectivity index (χ1) is 12.8. The fourth-order valence-corrected chi connectivity index (χ4v) is 2.89. The van der Waals surface area contributed by atoms with Gasteiger partial charge in [-0.1, -0.05) is 36.4 Å². The summed E-state index contributed by atoms with van der Waals surface area (Å²) >= 11 is 0. The van der Waals surface area contributed by atoms with Crippen LogP contribution >= 0.6 is 0 Å². The van der Waals surface area contributed by atoms with Gasteiger partial charge in [0.05, 0.1) is 6.54 Å². The van der Waals surface area contributed by atoms with Crippen molar-refractivity contribution in [2.75, 3.05) is 45.8 Å². The van der Waals surface area contributed by atoms with Crippen LogP contribution in [0.4, 0.5) is 18.0 Å². The predicted molar refractivity (Wildman–Crippen MR) is 94.2 cm³/mol. The summed E-state index contributed by atoms with van der Waals surface area (Å²) in [6, 6.07) is 8.91. The molecule has 0 unspecified atom stereocenters. The summed E-state index contributed by atoms with van der Waals surface area (Å²) in [7, 11) is 0. The summed E-state index contributed by atoms with van der Waals surface area (Å²) in [5.41, 5.74) is 1.15. The Bertz CT molecular complexity index is 642. The zero-order valence-electron chi connectivity index (χ0n) is 14.9. The van der Waals surface area contributed by atoms with Crippen LogP contribution in [0.25, 0.3) is 6.08 Å². The van der Waals surface area contributed by atoms with Crippen LogP contribution in [0.2, 0.25) is 0 Å². The first-order valence-electron chi connectivity index (χ1n) is 8.85. The number of hydrogen-bond acceptors (Lipinski definition) is 2. The molecule has 0 aromatic heterocycles. The largest absolute Gasteiger partial charge is 0.405 e. The lowest BCUT2D eigenvalue weighted by atomic mass is 10.2. The molecule has 0 radical (unpaired) electrons. The van der Waals surface area contributed by atoms with E-state index in [1.807, 2.05) is 35.6 Å². The number of urea groups is 1. The molecule has 2 rings (SSSR count). The monoisotopic (exact) mass is 386 g/mol. The van der Waals surface area contributed by atoms with E-state index in [2.05, 4.69) is 12.2 Å². The minimum atomic E-state index is -4.50. The van der Waals surface area contributed by atoms with Crippen LogP contribution < -0.4 is 20.4 Å². The third kappa shape index (κ3) is 8.69. The van der Waals surface area contributed by atoms with E-state index in [9.17, 15) is 22.8 Å². The normalized spacial score (nSPS) is 20.4. The molecule has 9 heteroatoms. The van der Waals surface area contributed by atoms with Gasteiger partial charge in [0.25, 0.3) is 5.91 Å². The topological polar surface area (TPSA) is 67.1 Å². The van der Waals surface area contributed by atoms with E-state index in [0.29, 0.717) is 0 Å². The molecule has 0 aliphatic carbocycles. The maximum atomic E-state index is 12.0. The van der Waals surface area contributed by atoms with E-state index < -0.39 is 24.7 Å². The molecule has 1 aromatic rings. The third-order valence-corrected chi connectivity index (χ3v) is 4.29. The van der Waals surface area contributed by atoms with Crippen molar-refractivity contribution >= 4 is 18.0 Å². The van der Waals surface area contributed by atoms with E-state index in [1.165, 1.54) is 4.90 Å². The summed E-state index contributed by atoms with van der Waals surface area (Å²) in [5, 5.41) is 3.55. The molecule has 1 heterocycles. The molecule has 0 saturated carbocycles. The molecule has 0 bridgehead atoms. The molecule has 1 aromatic carbocycles. The molecule has 0 atom stereocenters. The standard InChI is InChI=1S/C18H23F3N4O2/c19-18(20,21)14-22-17(27)23-16(26)13-25-11-9-24(10-12-25)8-4-7-15-5-2-1-3-6-15/h1-7H,8-14H2,(H2,22,23,26,27)/p+2/b7-4+. The minimum absolute atomic E-state index is 0.0760. The summed E-state index contributed by atoms with van der Waals surface area (Å²) in [6.45, 7) is 2.83. The van der Waals surface area contributed by atoms with Crippen molar-refractivity contribution in [2.24, 2.45) is 0 Å². The molecule has 1 fully saturated rings. The number of alkyl halides is 3. The fourth-order valence-electron chi connectivity index (χ4n) is 2.89. The van der Waals surface area contributed by atoms with Crippen molar-refractivity contribution < 1.29 is 32.6 Å². The molecule has 148 valence electrons. The van der Waals surface area contributed by atoms with Crippen LogP contribution in [0.1, 0.15) is 5.56 Å².